The van der Waals surface area contributed by atoms with Gasteiger partial charge in [-0.3, -0.25) is 0 Å². The molecule has 2 nitrogen and oxygen atoms in total. The quantitative estimate of drug-likeness (QED) is 0.902. The van der Waals surface area contributed by atoms with Crippen LogP contribution < -0.4 is 4.90 Å². The number of aliphatic hydroxyl groups excluding tert-OH is 1. The second kappa shape index (κ2) is 4.38. The summed E-state index contributed by atoms with van der Waals surface area (Å²) in [6.07, 6.45) is -0.295. The van der Waals surface area contributed by atoms with E-state index >= 15 is 0 Å². The highest BCUT2D eigenvalue weighted by molar-refractivity contribution is 9.10. The zero-order chi connectivity index (χ0) is 11.9. The van der Waals surface area contributed by atoms with Crippen molar-refractivity contribution < 1.29 is 5.11 Å². The van der Waals surface area contributed by atoms with Crippen LogP contribution in [0.2, 0.25) is 0 Å². The highest BCUT2D eigenvalue weighted by Gasteiger charge is 2.32. The maximum atomic E-state index is 9.85. The maximum absolute atomic E-state index is 9.85. The number of halogens is 1. The fraction of sp³-hybridized carbons (Fsp3) is 0.538. The lowest BCUT2D eigenvalue weighted by Crippen LogP contribution is -2.31. The summed E-state index contributed by atoms with van der Waals surface area (Å²) in [5.41, 5.74) is 2.53. The Kier molecular flexibility index (Phi) is 3.27. The van der Waals surface area contributed by atoms with E-state index in [0.717, 1.165) is 11.0 Å². The molecule has 1 heterocycles. The third-order valence-corrected chi connectivity index (χ3v) is 3.79. The summed E-state index contributed by atoms with van der Waals surface area (Å²) in [6.45, 7) is 7.17. The second-order valence-corrected chi connectivity index (χ2v) is 5.71. The SMILES string of the molecule is CC(O)C1CN(C(C)C)c2ccc(Br)cc21. The van der Waals surface area contributed by atoms with Crippen molar-refractivity contribution in [3.05, 3.63) is 28.2 Å². The molecule has 2 rings (SSSR count). The molecule has 1 aliphatic heterocycles. The molecule has 0 aliphatic carbocycles. The summed E-state index contributed by atoms with van der Waals surface area (Å²) in [5.74, 6) is 0.231. The van der Waals surface area contributed by atoms with E-state index in [1.807, 2.05) is 6.92 Å². The van der Waals surface area contributed by atoms with Gasteiger partial charge < -0.3 is 10.0 Å². The Hall–Kier alpha value is -0.540. The van der Waals surface area contributed by atoms with E-state index in [2.05, 4.69) is 52.9 Å². The number of rotatable bonds is 2. The van der Waals surface area contributed by atoms with Gasteiger partial charge in [0.25, 0.3) is 0 Å². The summed E-state index contributed by atoms with van der Waals surface area (Å²) in [5, 5.41) is 9.85. The lowest BCUT2D eigenvalue weighted by molar-refractivity contribution is 0.167. The lowest BCUT2D eigenvalue weighted by atomic mass is 9.97. The topological polar surface area (TPSA) is 23.5 Å². The van der Waals surface area contributed by atoms with Crippen molar-refractivity contribution in [3.63, 3.8) is 0 Å². The van der Waals surface area contributed by atoms with Crippen LogP contribution in [0.5, 0.6) is 0 Å². The highest BCUT2D eigenvalue weighted by atomic mass is 79.9. The van der Waals surface area contributed by atoms with Gasteiger partial charge in [0.1, 0.15) is 0 Å². The van der Waals surface area contributed by atoms with Gasteiger partial charge in [0, 0.05) is 28.7 Å². The minimum absolute atomic E-state index is 0.231. The fourth-order valence-electron chi connectivity index (χ4n) is 2.39. The largest absolute Gasteiger partial charge is 0.393 e. The number of anilines is 1. The van der Waals surface area contributed by atoms with Gasteiger partial charge in [0.2, 0.25) is 0 Å². The molecule has 0 saturated heterocycles. The number of hydrogen-bond acceptors (Lipinski definition) is 2. The van der Waals surface area contributed by atoms with Crippen molar-refractivity contribution in [2.75, 3.05) is 11.4 Å². The normalized spacial score (nSPS) is 21.4. The fourth-order valence-corrected chi connectivity index (χ4v) is 2.77. The zero-order valence-corrected chi connectivity index (χ0v) is 11.5. The molecule has 0 bridgehead atoms. The molecular weight excluding hydrogens is 266 g/mol. The summed E-state index contributed by atoms with van der Waals surface area (Å²) >= 11 is 3.50. The monoisotopic (exact) mass is 283 g/mol. The first kappa shape index (κ1) is 11.9. The minimum atomic E-state index is -0.295. The predicted octanol–water partition coefficient (Wildman–Crippen LogP) is 3.14. The molecule has 0 fully saturated rings. The summed E-state index contributed by atoms with van der Waals surface area (Å²) < 4.78 is 1.09. The summed E-state index contributed by atoms with van der Waals surface area (Å²) in [6, 6.07) is 6.82. The lowest BCUT2D eigenvalue weighted by Gasteiger charge is -2.24. The molecule has 88 valence electrons. The first-order chi connectivity index (χ1) is 7.50. The van der Waals surface area contributed by atoms with E-state index in [9.17, 15) is 5.11 Å². The van der Waals surface area contributed by atoms with Crippen LogP contribution >= 0.6 is 15.9 Å². The van der Waals surface area contributed by atoms with Crippen molar-refractivity contribution in [1.29, 1.82) is 0 Å². The average Bonchev–Trinajstić information content (AvgIpc) is 2.56. The molecule has 1 aromatic rings. The van der Waals surface area contributed by atoms with E-state index in [4.69, 9.17) is 0 Å². The predicted molar refractivity (Wildman–Crippen MR) is 71.0 cm³/mol. The maximum Gasteiger partial charge on any atom is 0.0598 e. The van der Waals surface area contributed by atoms with Crippen molar-refractivity contribution in [3.8, 4) is 0 Å². The molecule has 0 amide bonds. The molecule has 2 atom stereocenters. The number of fused-ring (bicyclic) bond motifs is 1. The van der Waals surface area contributed by atoms with Crippen LogP contribution in [0.3, 0.4) is 0 Å². The molecule has 0 saturated carbocycles. The smallest absolute Gasteiger partial charge is 0.0598 e. The molecule has 0 aromatic heterocycles. The highest BCUT2D eigenvalue weighted by Crippen LogP contribution is 2.40. The van der Waals surface area contributed by atoms with E-state index in [-0.39, 0.29) is 12.0 Å². The second-order valence-electron chi connectivity index (χ2n) is 4.80. The van der Waals surface area contributed by atoms with E-state index in [1.165, 1.54) is 11.3 Å². The van der Waals surface area contributed by atoms with Crippen molar-refractivity contribution in [2.45, 2.75) is 38.8 Å². The average molecular weight is 284 g/mol. The van der Waals surface area contributed by atoms with Crippen LogP contribution in [0.1, 0.15) is 32.3 Å². The van der Waals surface area contributed by atoms with Gasteiger partial charge in [0.05, 0.1) is 6.10 Å². The van der Waals surface area contributed by atoms with E-state index in [1.54, 1.807) is 0 Å². The van der Waals surface area contributed by atoms with Crippen molar-refractivity contribution >= 4 is 21.6 Å². The number of nitrogens with zero attached hydrogens (tertiary/aromatic N) is 1. The molecule has 3 heteroatoms. The molecule has 0 radical (unpaired) electrons. The van der Waals surface area contributed by atoms with Gasteiger partial charge in [-0.1, -0.05) is 15.9 Å². The molecule has 1 aliphatic rings. The Morgan fingerprint density at radius 3 is 2.62 bits per heavy atom. The molecule has 0 spiro atoms. The van der Waals surface area contributed by atoms with Gasteiger partial charge in [-0.05, 0) is 44.5 Å². The molecular formula is C13H18BrNO. The van der Waals surface area contributed by atoms with Gasteiger partial charge >= 0.3 is 0 Å². The summed E-state index contributed by atoms with van der Waals surface area (Å²) in [7, 11) is 0. The van der Waals surface area contributed by atoms with Crippen LogP contribution in [-0.2, 0) is 0 Å². The molecule has 2 unspecified atom stereocenters. The van der Waals surface area contributed by atoms with Crippen LogP contribution in [0.4, 0.5) is 5.69 Å². The van der Waals surface area contributed by atoms with E-state index < -0.39 is 0 Å². The molecule has 1 N–H and O–H groups in total. The minimum Gasteiger partial charge on any atom is -0.393 e. The Morgan fingerprint density at radius 1 is 1.38 bits per heavy atom. The first-order valence-corrected chi connectivity index (χ1v) is 6.54. The van der Waals surface area contributed by atoms with Crippen LogP contribution in [0.25, 0.3) is 0 Å². The van der Waals surface area contributed by atoms with Gasteiger partial charge in [-0.15, -0.1) is 0 Å². The Labute approximate surface area is 105 Å². The molecule has 1 aromatic carbocycles. The number of aliphatic hydroxyl groups is 1. The third-order valence-electron chi connectivity index (χ3n) is 3.30. The summed E-state index contributed by atoms with van der Waals surface area (Å²) in [4.78, 5) is 2.36. The Morgan fingerprint density at radius 2 is 2.06 bits per heavy atom. The Balaban J connectivity index is 2.44. The molecule has 16 heavy (non-hydrogen) atoms. The van der Waals surface area contributed by atoms with Gasteiger partial charge in [0.15, 0.2) is 0 Å². The first-order valence-electron chi connectivity index (χ1n) is 5.75. The standard InChI is InChI=1S/C13H18BrNO/c1-8(2)15-7-12(9(3)16)11-6-10(14)4-5-13(11)15/h4-6,8-9,12,16H,7H2,1-3H3. The van der Waals surface area contributed by atoms with Crippen LogP contribution in [-0.4, -0.2) is 23.8 Å². The van der Waals surface area contributed by atoms with Crippen molar-refractivity contribution in [2.24, 2.45) is 0 Å². The Bertz CT molecular complexity index is 390. The number of benzene rings is 1. The zero-order valence-electron chi connectivity index (χ0n) is 9.94. The van der Waals surface area contributed by atoms with E-state index in [0.29, 0.717) is 6.04 Å². The third kappa shape index (κ3) is 1.98. The van der Waals surface area contributed by atoms with Crippen LogP contribution in [0.15, 0.2) is 22.7 Å². The van der Waals surface area contributed by atoms with Gasteiger partial charge in [-0.2, -0.15) is 0 Å². The van der Waals surface area contributed by atoms with Gasteiger partial charge in [-0.25, -0.2) is 0 Å². The number of hydrogen-bond donors (Lipinski definition) is 1. The van der Waals surface area contributed by atoms with Crippen LogP contribution in [0, 0.1) is 0 Å². The van der Waals surface area contributed by atoms with Crippen molar-refractivity contribution in [1.82, 2.24) is 0 Å².